The SMILES string of the molecule is CCNC(=NCC1C2Cc3ccccc3C12)N1CC[C@@H](NC(=O)OC(C)(C)C)C1.I. The van der Waals surface area contributed by atoms with Crippen molar-refractivity contribution in [1.29, 1.82) is 0 Å². The largest absolute Gasteiger partial charge is 0.444 e. The number of carbonyl (C=O) groups excluding carboxylic acids is 1. The van der Waals surface area contributed by atoms with E-state index in [1.807, 2.05) is 20.8 Å². The van der Waals surface area contributed by atoms with E-state index in [4.69, 9.17) is 9.73 Å². The van der Waals surface area contributed by atoms with Crippen LogP contribution in [0, 0.1) is 11.8 Å². The van der Waals surface area contributed by atoms with E-state index in [0.717, 1.165) is 44.5 Å². The van der Waals surface area contributed by atoms with Crippen LogP contribution in [0.1, 0.15) is 51.2 Å². The fraction of sp³-hybridized carbons (Fsp3) is 0.652. The summed E-state index contributed by atoms with van der Waals surface area (Å²) >= 11 is 0. The van der Waals surface area contributed by atoms with E-state index in [9.17, 15) is 4.79 Å². The smallest absolute Gasteiger partial charge is 0.407 e. The van der Waals surface area contributed by atoms with Crippen LogP contribution in [-0.2, 0) is 11.2 Å². The van der Waals surface area contributed by atoms with E-state index in [1.54, 1.807) is 5.56 Å². The highest BCUT2D eigenvalue weighted by molar-refractivity contribution is 14.0. The molecule has 2 N–H and O–H groups in total. The topological polar surface area (TPSA) is 66.0 Å². The minimum Gasteiger partial charge on any atom is -0.444 e. The maximum absolute atomic E-state index is 12.1. The fourth-order valence-electron chi connectivity index (χ4n) is 4.90. The lowest BCUT2D eigenvalue weighted by Crippen LogP contribution is -2.44. The molecule has 0 bridgehead atoms. The predicted molar refractivity (Wildman–Crippen MR) is 131 cm³/mol. The van der Waals surface area contributed by atoms with Crippen LogP contribution in [0.15, 0.2) is 29.3 Å². The number of benzene rings is 1. The summed E-state index contributed by atoms with van der Waals surface area (Å²) in [6, 6.07) is 8.97. The number of rotatable bonds is 4. The first-order valence-electron chi connectivity index (χ1n) is 11.0. The number of aliphatic imine (C=N–C) groups is 1. The monoisotopic (exact) mass is 526 g/mol. The molecule has 1 heterocycles. The van der Waals surface area contributed by atoms with Crippen molar-refractivity contribution in [2.24, 2.45) is 16.8 Å². The molecule has 4 atom stereocenters. The van der Waals surface area contributed by atoms with Crippen LogP contribution in [0.2, 0.25) is 0 Å². The third-order valence-electron chi connectivity index (χ3n) is 6.20. The Balaban J connectivity index is 0.00000256. The van der Waals surface area contributed by atoms with Gasteiger partial charge in [0.1, 0.15) is 5.60 Å². The van der Waals surface area contributed by atoms with Gasteiger partial charge in [0.15, 0.2) is 5.96 Å². The molecule has 1 saturated carbocycles. The van der Waals surface area contributed by atoms with Gasteiger partial charge in [0.05, 0.1) is 6.04 Å². The van der Waals surface area contributed by atoms with Crippen LogP contribution in [0.3, 0.4) is 0 Å². The van der Waals surface area contributed by atoms with Gasteiger partial charge in [-0.1, -0.05) is 24.3 Å². The standard InChI is InChI=1S/C23H34N4O2.HI/c1-5-24-21(27-11-10-16(14-27)26-22(28)29-23(2,3)4)25-13-19-18-12-15-8-6-7-9-17(15)20(18)19;/h6-9,16,18-20H,5,10-14H2,1-4H3,(H,24,25)(H,26,28);1H/t16-,18?,19?,20?;/m1./s1. The lowest BCUT2D eigenvalue weighted by atomic mass is 10.0. The van der Waals surface area contributed by atoms with E-state index in [1.165, 1.54) is 12.0 Å². The van der Waals surface area contributed by atoms with Crippen LogP contribution >= 0.6 is 24.0 Å². The first-order valence-corrected chi connectivity index (χ1v) is 11.0. The maximum Gasteiger partial charge on any atom is 0.407 e. The highest BCUT2D eigenvalue weighted by atomic mass is 127. The molecule has 1 aromatic rings. The maximum atomic E-state index is 12.1. The molecule has 1 saturated heterocycles. The molecule has 1 aliphatic heterocycles. The number of nitrogens with zero attached hydrogens (tertiary/aromatic N) is 2. The Morgan fingerprint density at radius 3 is 2.80 bits per heavy atom. The quantitative estimate of drug-likeness (QED) is 0.357. The molecular weight excluding hydrogens is 491 g/mol. The Labute approximate surface area is 197 Å². The number of ether oxygens (including phenoxy) is 1. The van der Waals surface area contributed by atoms with Gasteiger partial charge in [-0.25, -0.2) is 4.79 Å². The lowest BCUT2D eigenvalue weighted by molar-refractivity contribution is 0.0507. The van der Waals surface area contributed by atoms with Gasteiger partial charge in [-0.2, -0.15) is 0 Å². The van der Waals surface area contributed by atoms with Crippen molar-refractivity contribution >= 4 is 36.0 Å². The third-order valence-corrected chi connectivity index (χ3v) is 6.20. The Morgan fingerprint density at radius 1 is 1.30 bits per heavy atom. The summed E-state index contributed by atoms with van der Waals surface area (Å²) in [5.74, 6) is 3.13. The molecule has 0 aromatic heterocycles. The predicted octanol–water partition coefficient (Wildman–Crippen LogP) is 3.75. The molecule has 0 spiro atoms. The highest BCUT2D eigenvalue weighted by Gasteiger charge is 2.55. The van der Waals surface area contributed by atoms with Crippen LogP contribution in [-0.4, -0.2) is 54.8 Å². The summed E-state index contributed by atoms with van der Waals surface area (Å²) in [5.41, 5.74) is 2.61. The molecule has 7 heteroatoms. The number of nitrogens with one attached hydrogen (secondary N) is 2. The van der Waals surface area contributed by atoms with Gasteiger partial charge >= 0.3 is 6.09 Å². The first kappa shape index (κ1) is 23.2. The van der Waals surface area contributed by atoms with Crippen LogP contribution in [0.5, 0.6) is 0 Å². The molecular formula is C23H35IN4O2. The lowest BCUT2D eigenvalue weighted by Gasteiger charge is -2.23. The van der Waals surface area contributed by atoms with E-state index in [2.05, 4.69) is 46.7 Å². The molecule has 166 valence electrons. The summed E-state index contributed by atoms with van der Waals surface area (Å²) in [6.45, 7) is 11.1. The average molecular weight is 526 g/mol. The summed E-state index contributed by atoms with van der Waals surface area (Å²) in [4.78, 5) is 19.3. The molecule has 1 amide bonds. The van der Waals surface area contributed by atoms with Gasteiger partial charge in [-0.15, -0.1) is 24.0 Å². The number of halogens is 1. The van der Waals surface area contributed by atoms with Crippen LogP contribution in [0.25, 0.3) is 0 Å². The van der Waals surface area contributed by atoms with E-state index in [-0.39, 0.29) is 36.1 Å². The average Bonchev–Trinajstić information content (AvgIpc) is 2.98. The molecule has 3 unspecified atom stereocenters. The molecule has 30 heavy (non-hydrogen) atoms. The zero-order valence-electron chi connectivity index (χ0n) is 18.5. The number of fused-ring (bicyclic) bond motifs is 3. The normalized spacial score (nSPS) is 27.1. The van der Waals surface area contributed by atoms with Crippen molar-refractivity contribution in [3.8, 4) is 0 Å². The van der Waals surface area contributed by atoms with Crippen LogP contribution in [0.4, 0.5) is 4.79 Å². The second-order valence-corrected chi connectivity index (χ2v) is 9.53. The highest BCUT2D eigenvalue weighted by Crippen LogP contribution is 2.61. The van der Waals surface area contributed by atoms with Crippen LogP contribution < -0.4 is 10.6 Å². The molecule has 2 aliphatic carbocycles. The van der Waals surface area contributed by atoms with Gasteiger partial charge in [0, 0.05) is 26.2 Å². The first-order chi connectivity index (χ1) is 13.9. The molecule has 3 aliphatic rings. The minimum atomic E-state index is -0.473. The zero-order valence-corrected chi connectivity index (χ0v) is 20.8. The fourth-order valence-corrected chi connectivity index (χ4v) is 4.90. The number of amides is 1. The van der Waals surface area contributed by atoms with Gasteiger partial charge in [-0.3, -0.25) is 4.99 Å². The van der Waals surface area contributed by atoms with Gasteiger partial charge in [0.25, 0.3) is 0 Å². The number of carbonyl (C=O) groups is 1. The van der Waals surface area contributed by atoms with Crippen molar-refractivity contribution in [1.82, 2.24) is 15.5 Å². The summed E-state index contributed by atoms with van der Waals surface area (Å²) in [6.07, 6.45) is 1.78. The zero-order chi connectivity index (χ0) is 20.6. The van der Waals surface area contributed by atoms with E-state index >= 15 is 0 Å². The number of alkyl carbamates (subject to hydrolysis) is 1. The molecule has 0 radical (unpaired) electrons. The number of guanidine groups is 1. The van der Waals surface area contributed by atoms with Crippen molar-refractivity contribution < 1.29 is 9.53 Å². The Hall–Kier alpha value is -1.51. The van der Waals surface area contributed by atoms with Gasteiger partial charge in [-0.05, 0) is 69.4 Å². The minimum absolute atomic E-state index is 0. The Kier molecular flexibility index (Phi) is 7.20. The number of hydrogen-bond donors (Lipinski definition) is 2. The summed E-state index contributed by atoms with van der Waals surface area (Å²) in [7, 11) is 0. The van der Waals surface area contributed by atoms with E-state index in [0.29, 0.717) is 11.8 Å². The molecule has 4 rings (SSSR count). The Morgan fingerprint density at radius 2 is 2.07 bits per heavy atom. The third kappa shape index (κ3) is 5.21. The molecule has 1 aromatic carbocycles. The Bertz CT molecular complexity index is 792. The number of likely N-dealkylation sites (tertiary alicyclic amines) is 1. The second-order valence-electron chi connectivity index (χ2n) is 9.53. The second kappa shape index (κ2) is 9.32. The van der Waals surface area contributed by atoms with Gasteiger partial charge in [0.2, 0.25) is 0 Å². The van der Waals surface area contributed by atoms with Gasteiger partial charge < -0.3 is 20.3 Å². The number of hydrogen-bond acceptors (Lipinski definition) is 3. The van der Waals surface area contributed by atoms with E-state index < -0.39 is 5.60 Å². The molecule has 6 nitrogen and oxygen atoms in total. The summed E-state index contributed by atoms with van der Waals surface area (Å²) in [5, 5.41) is 6.43. The summed E-state index contributed by atoms with van der Waals surface area (Å²) < 4.78 is 5.39. The van der Waals surface area contributed by atoms with Crippen molar-refractivity contribution in [3.05, 3.63) is 35.4 Å². The molecule has 2 fully saturated rings. The van der Waals surface area contributed by atoms with Crippen molar-refractivity contribution in [2.45, 2.75) is 58.1 Å². The van der Waals surface area contributed by atoms with Crippen molar-refractivity contribution in [2.75, 3.05) is 26.2 Å². The van der Waals surface area contributed by atoms with Crippen molar-refractivity contribution in [3.63, 3.8) is 0 Å².